The van der Waals surface area contributed by atoms with Crippen molar-refractivity contribution in [3.05, 3.63) is 35.4 Å². The maximum Gasteiger partial charge on any atom is 0.275 e. The fraction of sp³-hybridized carbons (Fsp3) is 0.200. The van der Waals surface area contributed by atoms with Gasteiger partial charge in [-0.2, -0.15) is 0 Å². The number of nitrogens with one attached hydrogen (secondary N) is 1. The number of nitrogens with two attached hydrogens (primary N) is 1. The molecule has 0 fully saturated rings. The molecule has 0 spiro atoms. The molecule has 1 aromatic carbocycles. The molecule has 0 saturated heterocycles. The molecule has 1 aromatic rings. The first-order chi connectivity index (χ1) is 7.29. The van der Waals surface area contributed by atoms with E-state index in [2.05, 4.69) is 5.48 Å². The van der Waals surface area contributed by atoms with Gasteiger partial charge in [0.2, 0.25) is 0 Å². The fourth-order valence-corrected chi connectivity index (χ4v) is 1.04. The van der Waals surface area contributed by atoms with Gasteiger partial charge in [0, 0.05) is 12.1 Å². The molecular weight excluding hydrogens is 196 g/mol. The smallest absolute Gasteiger partial charge is 0.275 e. The van der Waals surface area contributed by atoms with E-state index in [0.717, 1.165) is 0 Å². The Balaban J connectivity index is 2.68. The third-order valence-electron chi connectivity index (χ3n) is 1.72. The summed E-state index contributed by atoms with van der Waals surface area (Å²) in [4.78, 5) is 26.8. The number of carbonyl (C=O) groups is 2. The third-order valence-corrected chi connectivity index (χ3v) is 1.72. The number of aldehydes is 1. The van der Waals surface area contributed by atoms with Crippen LogP contribution in [0.1, 0.15) is 20.7 Å². The van der Waals surface area contributed by atoms with E-state index in [1.807, 2.05) is 0 Å². The summed E-state index contributed by atoms with van der Waals surface area (Å²) in [5, 5.41) is 0. The largest absolute Gasteiger partial charge is 0.328 e. The van der Waals surface area contributed by atoms with Gasteiger partial charge in [-0.15, -0.1) is 0 Å². The lowest BCUT2D eigenvalue weighted by molar-refractivity contribution is 0.0342. The van der Waals surface area contributed by atoms with E-state index in [1.165, 1.54) is 0 Å². The van der Waals surface area contributed by atoms with Gasteiger partial charge in [-0.1, -0.05) is 18.2 Å². The van der Waals surface area contributed by atoms with E-state index in [0.29, 0.717) is 18.4 Å². The van der Waals surface area contributed by atoms with E-state index in [4.69, 9.17) is 10.6 Å². The van der Waals surface area contributed by atoms with Gasteiger partial charge in [-0.05, 0) is 6.07 Å². The maximum absolute atomic E-state index is 11.5. The van der Waals surface area contributed by atoms with Crippen LogP contribution in [0.15, 0.2) is 24.3 Å². The van der Waals surface area contributed by atoms with E-state index in [-0.39, 0.29) is 12.2 Å². The number of amides is 1. The van der Waals surface area contributed by atoms with Crippen LogP contribution in [0.4, 0.5) is 0 Å². The Morgan fingerprint density at radius 1 is 1.47 bits per heavy atom. The van der Waals surface area contributed by atoms with Crippen LogP contribution in [-0.4, -0.2) is 25.3 Å². The molecule has 15 heavy (non-hydrogen) atoms. The Morgan fingerprint density at radius 2 is 2.20 bits per heavy atom. The molecule has 3 N–H and O–H groups in total. The first-order valence-electron chi connectivity index (χ1n) is 4.46. The van der Waals surface area contributed by atoms with Gasteiger partial charge in [0.1, 0.15) is 0 Å². The lowest BCUT2D eigenvalue weighted by Crippen LogP contribution is -2.27. The second-order valence-electron chi connectivity index (χ2n) is 2.77. The minimum Gasteiger partial charge on any atom is -0.328 e. The average Bonchev–Trinajstić information content (AvgIpc) is 2.29. The van der Waals surface area contributed by atoms with Gasteiger partial charge >= 0.3 is 0 Å². The van der Waals surface area contributed by atoms with Crippen LogP contribution in [0, 0.1) is 0 Å². The predicted molar refractivity (Wildman–Crippen MR) is 54.3 cm³/mol. The van der Waals surface area contributed by atoms with Gasteiger partial charge in [0.05, 0.1) is 12.2 Å². The van der Waals surface area contributed by atoms with Crippen molar-refractivity contribution in [1.82, 2.24) is 5.48 Å². The van der Waals surface area contributed by atoms with Crippen molar-refractivity contribution in [3.63, 3.8) is 0 Å². The molecule has 0 heterocycles. The summed E-state index contributed by atoms with van der Waals surface area (Å²) in [5.41, 5.74) is 7.98. The Morgan fingerprint density at radius 3 is 2.87 bits per heavy atom. The van der Waals surface area contributed by atoms with Gasteiger partial charge < -0.3 is 5.73 Å². The average molecular weight is 208 g/mol. The molecule has 80 valence electrons. The quantitative estimate of drug-likeness (QED) is 0.409. The van der Waals surface area contributed by atoms with Crippen molar-refractivity contribution >= 4 is 12.2 Å². The predicted octanol–water partition coefficient (Wildman–Crippen LogP) is 0.119. The van der Waals surface area contributed by atoms with Crippen LogP contribution in [-0.2, 0) is 4.84 Å². The summed E-state index contributed by atoms with van der Waals surface area (Å²) in [6.07, 6.45) is 0.623. The van der Waals surface area contributed by atoms with Gasteiger partial charge in [-0.25, -0.2) is 5.48 Å². The molecule has 0 aromatic heterocycles. The molecule has 0 aliphatic carbocycles. The number of hydroxylamine groups is 1. The van der Waals surface area contributed by atoms with Crippen LogP contribution in [0.25, 0.3) is 0 Å². The summed E-state index contributed by atoms with van der Waals surface area (Å²) < 4.78 is 0. The lowest BCUT2D eigenvalue weighted by atomic mass is 10.1. The minimum absolute atomic E-state index is 0.231. The van der Waals surface area contributed by atoms with Gasteiger partial charge in [0.25, 0.3) is 5.91 Å². The zero-order valence-electron chi connectivity index (χ0n) is 8.10. The van der Waals surface area contributed by atoms with Crippen LogP contribution >= 0.6 is 0 Å². The van der Waals surface area contributed by atoms with Gasteiger partial charge in [0.15, 0.2) is 6.29 Å². The Kier molecular flexibility index (Phi) is 4.46. The van der Waals surface area contributed by atoms with Crippen LogP contribution in [0.3, 0.4) is 0 Å². The van der Waals surface area contributed by atoms with E-state index < -0.39 is 5.91 Å². The number of carbonyl (C=O) groups excluding carboxylic acids is 2. The van der Waals surface area contributed by atoms with Gasteiger partial charge in [-0.3, -0.25) is 14.4 Å². The Bertz CT molecular complexity index is 352. The van der Waals surface area contributed by atoms with E-state index >= 15 is 0 Å². The molecule has 0 aliphatic rings. The van der Waals surface area contributed by atoms with Crippen LogP contribution < -0.4 is 11.2 Å². The molecule has 5 heteroatoms. The second-order valence-corrected chi connectivity index (χ2v) is 2.77. The Hall–Kier alpha value is -1.72. The molecule has 0 atom stereocenters. The Labute approximate surface area is 87.2 Å². The van der Waals surface area contributed by atoms with E-state index in [1.54, 1.807) is 24.3 Å². The SMILES string of the molecule is NCCONC(=O)c1ccccc1C=O. The molecule has 5 nitrogen and oxygen atoms in total. The highest BCUT2D eigenvalue weighted by Gasteiger charge is 2.09. The van der Waals surface area contributed by atoms with Crippen molar-refractivity contribution in [2.45, 2.75) is 0 Å². The monoisotopic (exact) mass is 208 g/mol. The van der Waals surface area contributed by atoms with E-state index in [9.17, 15) is 9.59 Å². The maximum atomic E-state index is 11.5. The fourth-order valence-electron chi connectivity index (χ4n) is 1.04. The number of hydrogen-bond acceptors (Lipinski definition) is 4. The molecule has 1 rings (SSSR count). The first-order valence-corrected chi connectivity index (χ1v) is 4.46. The van der Waals surface area contributed by atoms with Crippen molar-refractivity contribution < 1.29 is 14.4 Å². The molecular formula is C10H12N2O3. The molecule has 0 aliphatic heterocycles. The summed E-state index contributed by atoms with van der Waals surface area (Å²) in [5.74, 6) is -0.453. The number of hydrogen-bond donors (Lipinski definition) is 2. The standard InChI is InChI=1S/C10H12N2O3/c11-5-6-15-12-10(14)9-4-2-1-3-8(9)7-13/h1-4,7H,5-6,11H2,(H,12,14). The highest BCUT2D eigenvalue weighted by atomic mass is 16.6. The topological polar surface area (TPSA) is 81.4 Å². The molecule has 0 bridgehead atoms. The molecule has 0 saturated carbocycles. The molecule has 0 unspecified atom stereocenters. The lowest BCUT2D eigenvalue weighted by Gasteiger charge is -2.05. The van der Waals surface area contributed by atoms with Crippen molar-refractivity contribution in [1.29, 1.82) is 0 Å². The van der Waals surface area contributed by atoms with Crippen molar-refractivity contribution in [3.8, 4) is 0 Å². The zero-order valence-corrected chi connectivity index (χ0v) is 8.10. The number of rotatable bonds is 5. The van der Waals surface area contributed by atoms with Crippen LogP contribution in [0.2, 0.25) is 0 Å². The zero-order chi connectivity index (χ0) is 11.1. The highest BCUT2D eigenvalue weighted by Crippen LogP contribution is 2.05. The summed E-state index contributed by atoms with van der Waals surface area (Å²) in [6.45, 7) is 0.546. The number of benzene rings is 1. The third kappa shape index (κ3) is 3.16. The second kappa shape index (κ2) is 5.90. The summed E-state index contributed by atoms with van der Waals surface area (Å²) in [7, 11) is 0. The highest BCUT2D eigenvalue weighted by molar-refractivity contribution is 6.00. The minimum atomic E-state index is -0.453. The van der Waals surface area contributed by atoms with Crippen molar-refractivity contribution in [2.24, 2.45) is 5.73 Å². The molecule has 0 radical (unpaired) electrons. The summed E-state index contributed by atoms with van der Waals surface area (Å²) >= 11 is 0. The molecule has 1 amide bonds. The van der Waals surface area contributed by atoms with Crippen LogP contribution in [0.5, 0.6) is 0 Å². The normalized spacial score (nSPS) is 9.67. The first kappa shape index (κ1) is 11.4. The van der Waals surface area contributed by atoms with Crippen molar-refractivity contribution in [2.75, 3.05) is 13.2 Å². The summed E-state index contributed by atoms with van der Waals surface area (Å²) in [6, 6.07) is 6.46.